The molecule has 1 fully saturated rings. The molecule has 2 heteroatoms. The molecule has 1 saturated heterocycles. The Hall–Kier alpha value is -0.860. The van der Waals surface area contributed by atoms with Gasteiger partial charge in [-0.15, -0.1) is 0 Å². The van der Waals surface area contributed by atoms with Crippen LogP contribution < -0.4 is 5.73 Å². The highest BCUT2D eigenvalue weighted by Gasteiger charge is 2.26. The van der Waals surface area contributed by atoms with Crippen molar-refractivity contribution in [2.45, 2.75) is 39.7 Å². The number of nitrogens with two attached hydrogens (primary N) is 1. The number of aryl methyl sites for hydroxylation is 1. The lowest BCUT2D eigenvalue weighted by Gasteiger charge is -2.21. The molecule has 1 aliphatic rings. The summed E-state index contributed by atoms with van der Waals surface area (Å²) in [6.45, 7) is 10.3. The van der Waals surface area contributed by atoms with E-state index >= 15 is 0 Å². The fourth-order valence-electron chi connectivity index (χ4n) is 3.00. The van der Waals surface area contributed by atoms with Gasteiger partial charge in [0, 0.05) is 25.7 Å². The molecular weight excluding hydrogens is 232 g/mol. The average Bonchev–Trinajstić information content (AvgIpc) is 2.69. The summed E-state index contributed by atoms with van der Waals surface area (Å²) in [4.78, 5) is 2.51. The van der Waals surface area contributed by atoms with Crippen LogP contribution in [0.1, 0.15) is 44.4 Å². The van der Waals surface area contributed by atoms with Gasteiger partial charge in [-0.25, -0.2) is 0 Å². The number of nitrogens with zero attached hydrogens (tertiary/aromatic N) is 1. The summed E-state index contributed by atoms with van der Waals surface area (Å²) < 4.78 is 0. The van der Waals surface area contributed by atoms with E-state index in [1.165, 1.54) is 30.6 Å². The molecule has 2 nitrogen and oxygen atoms in total. The summed E-state index contributed by atoms with van der Waals surface area (Å²) in [7, 11) is 0. The largest absolute Gasteiger partial charge is 0.323 e. The van der Waals surface area contributed by atoms with E-state index in [1.54, 1.807) is 0 Å². The third-order valence-corrected chi connectivity index (χ3v) is 4.47. The summed E-state index contributed by atoms with van der Waals surface area (Å²) >= 11 is 0. The Morgan fingerprint density at radius 3 is 2.26 bits per heavy atom. The maximum atomic E-state index is 6.35. The van der Waals surface area contributed by atoms with E-state index in [1.807, 2.05) is 0 Å². The Balaban J connectivity index is 1.90. The van der Waals surface area contributed by atoms with Crippen molar-refractivity contribution in [3.05, 3.63) is 35.4 Å². The topological polar surface area (TPSA) is 29.3 Å². The Kier molecular flexibility index (Phi) is 5.00. The molecule has 0 bridgehead atoms. The van der Waals surface area contributed by atoms with Crippen LogP contribution in [-0.2, 0) is 6.42 Å². The van der Waals surface area contributed by atoms with Crippen LogP contribution in [0.2, 0.25) is 0 Å². The van der Waals surface area contributed by atoms with Crippen molar-refractivity contribution >= 4 is 0 Å². The molecule has 0 radical (unpaired) electrons. The molecule has 3 atom stereocenters. The van der Waals surface area contributed by atoms with Crippen molar-refractivity contribution in [2.75, 3.05) is 19.6 Å². The highest BCUT2D eigenvalue weighted by molar-refractivity contribution is 5.25. The van der Waals surface area contributed by atoms with Crippen molar-refractivity contribution in [2.24, 2.45) is 17.6 Å². The molecule has 1 aromatic rings. The Labute approximate surface area is 118 Å². The minimum Gasteiger partial charge on any atom is -0.323 e. The van der Waals surface area contributed by atoms with Crippen molar-refractivity contribution in [1.29, 1.82) is 0 Å². The van der Waals surface area contributed by atoms with Gasteiger partial charge in [0.25, 0.3) is 0 Å². The van der Waals surface area contributed by atoms with Gasteiger partial charge in [0.1, 0.15) is 0 Å². The molecule has 19 heavy (non-hydrogen) atoms. The summed E-state index contributed by atoms with van der Waals surface area (Å²) in [5.74, 6) is 1.61. The zero-order chi connectivity index (χ0) is 13.8. The average molecular weight is 260 g/mol. The SMILES string of the molecule is CCCc1ccc(C(N)CN2CC(C)C(C)C2)cc1. The van der Waals surface area contributed by atoms with E-state index in [4.69, 9.17) is 5.73 Å². The number of likely N-dealkylation sites (tertiary alicyclic amines) is 1. The fourth-order valence-corrected chi connectivity index (χ4v) is 3.00. The van der Waals surface area contributed by atoms with Crippen molar-refractivity contribution < 1.29 is 0 Å². The van der Waals surface area contributed by atoms with Crippen LogP contribution in [0.4, 0.5) is 0 Å². The normalized spacial score (nSPS) is 25.7. The second-order valence-corrected chi connectivity index (χ2v) is 6.27. The first-order chi connectivity index (χ1) is 9.10. The number of rotatable bonds is 5. The lowest BCUT2D eigenvalue weighted by molar-refractivity contribution is 0.303. The monoisotopic (exact) mass is 260 g/mol. The Morgan fingerprint density at radius 1 is 1.16 bits per heavy atom. The van der Waals surface area contributed by atoms with E-state index < -0.39 is 0 Å². The molecule has 0 aromatic heterocycles. The summed E-state index contributed by atoms with van der Waals surface area (Å²) in [6.07, 6.45) is 2.37. The van der Waals surface area contributed by atoms with Crippen LogP contribution in [0.3, 0.4) is 0 Å². The predicted molar refractivity (Wildman–Crippen MR) is 82.1 cm³/mol. The van der Waals surface area contributed by atoms with Crippen LogP contribution in [0.15, 0.2) is 24.3 Å². The van der Waals surface area contributed by atoms with Crippen molar-refractivity contribution in [3.8, 4) is 0 Å². The van der Waals surface area contributed by atoms with Crippen LogP contribution >= 0.6 is 0 Å². The molecule has 0 amide bonds. The van der Waals surface area contributed by atoms with Gasteiger partial charge < -0.3 is 10.6 Å². The van der Waals surface area contributed by atoms with Crippen LogP contribution in [0.25, 0.3) is 0 Å². The quantitative estimate of drug-likeness (QED) is 0.880. The first-order valence-corrected chi connectivity index (χ1v) is 7.67. The molecule has 106 valence electrons. The molecular formula is C17H28N2. The smallest absolute Gasteiger partial charge is 0.0424 e. The van der Waals surface area contributed by atoms with Gasteiger partial charge in [-0.2, -0.15) is 0 Å². The predicted octanol–water partition coefficient (Wildman–Crippen LogP) is 3.23. The minimum absolute atomic E-state index is 0.146. The molecule has 0 saturated carbocycles. The number of hydrogen-bond acceptors (Lipinski definition) is 2. The lowest BCUT2D eigenvalue weighted by atomic mass is 10.0. The number of hydrogen-bond donors (Lipinski definition) is 1. The van der Waals surface area contributed by atoms with Gasteiger partial charge in [0.15, 0.2) is 0 Å². The summed E-state index contributed by atoms with van der Waals surface area (Å²) in [5.41, 5.74) is 9.04. The zero-order valence-electron chi connectivity index (χ0n) is 12.6. The molecule has 1 aromatic carbocycles. The third kappa shape index (κ3) is 3.80. The van der Waals surface area contributed by atoms with Crippen LogP contribution in [-0.4, -0.2) is 24.5 Å². The Bertz CT molecular complexity index is 375. The third-order valence-electron chi connectivity index (χ3n) is 4.47. The molecule has 2 N–H and O–H groups in total. The van der Waals surface area contributed by atoms with Gasteiger partial charge in [0.2, 0.25) is 0 Å². The fraction of sp³-hybridized carbons (Fsp3) is 0.647. The number of benzene rings is 1. The second kappa shape index (κ2) is 6.53. The first-order valence-electron chi connectivity index (χ1n) is 7.67. The maximum Gasteiger partial charge on any atom is 0.0424 e. The van der Waals surface area contributed by atoms with Gasteiger partial charge >= 0.3 is 0 Å². The molecule has 2 rings (SSSR count). The highest BCUT2D eigenvalue weighted by atomic mass is 15.2. The zero-order valence-corrected chi connectivity index (χ0v) is 12.6. The van der Waals surface area contributed by atoms with Crippen LogP contribution in [0, 0.1) is 11.8 Å². The molecule has 1 aliphatic heterocycles. The second-order valence-electron chi connectivity index (χ2n) is 6.27. The van der Waals surface area contributed by atoms with Gasteiger partial charge in [0.05, 0.1) is 0 Å². The molecule has 0 aliphatic carbocycles. The van der Waals surface area contributed by atoms with Crippen molar-refractivity contribution in [1.82, 2.24) is 4.90 Å². The molecule has 0 spiro atoms. The Morgan fingerprint density at radius 2 is 1.74 bits per heavy atom. The van der Waals surface area contributed by atoms with Crippen molar-refractivity contribution in [3.63, 3.8) is 0 Å². The lowest BCUT2D eigenvalue weighted by Crippen LogP contribution is -2.30. The van der Waals surface area contributed by atoms with E-state index in [2.05, 4.69) is 49.9 Å². The van der Waals surface area contributed by atoms with E-state index in [0.717, 1.165) is 24.8 Å². The van der Waals surface area contributed by atoms with Gasteiger partial charge in [-0.05, 0) is 29.4 Å². The van der Waals surface area contributed by atoms with E-state index in [0.29, 0.717) is 0 Å². The summed E-state index contributed by atoms with van der Waals surface area (Å²) in [6, 6.07) is 9.02. The minimum atomic E-state index is 0.146. The van der Waals surface area contributed by atoms with E-state index in [-0.39, 0.29) is 6.04 Å². The first kappa shape index (κ1) is 14.5. The molecule has 3 unspecified atom stereocenters. The van der Waals surface area contributed by atoms with E-state index in [9.17, 15) is 0 Å². The standard InChI is InChI=1S/C17H28N2/c1-4-5-15-6-8-16(9-7-15)17(18)12-19-10-13(2)14(3)11-19/h6-9,13-14,17H,4-5,10-12,18H2,1-3H3. The van der Waals surface area contributed by atoms with Gasteiger partial charge in [-0.1, -0.05) is 51.5 Å². The van der Waals surface area contributed by atoms with Crippen LogP contribution in [0.5, 0.6) is 0 Å². The maximum absolute atomic E-state index is 6.35. The molecule has 1 heterocycles. The summed E-state index contributed by atoms with van der Waals surface area (Å²) in [5, 5.41) is 0. The van der Waals surface area contributed by atoms with Gasteiger partial charge in [-0.3, -0.25) is 0 Å². The highest BCUT2D eigenvalue weighted by Crippen LogP contribution is 2.24.